The third-order valence-electron chi connectivity index (χ3n) is 3.31. The summed E-state index contributed by atoms with van der Waals surface area (Å²) in [6.07, 6.45) is 1.06. The molecule has 0 aliphatic heterocycles. The molecular weight excluding hydrogens is 248 g/mol. The van der Waals surface area contributed by atoms with Crippen molar-refractivity contribution in [2.45, 2.75) is 6.92 Å². The Hall–Kier alpha value is -2.75. The minimum Gasteiger partial charge on any atom is -0.289 e. The van der Waals surface area contributed by atoms with Gasteiger partial charge in [-0.1, -0.05) is 42.5 Å². The molecule has 0 saturated heterocycles. The number of hydrogen-bond acceptors (Lipinski definition) is 3. The van der Waals surface area contributed by atoms with Crippen LogP contribution in [-0.4, -0.2) is 16.1 Å². The fourth-order valence-corrected chi connectivity index (χ4v) is 2.41. The summed E-state index contributed by atoms with van der Waals surface area (Å²) in [6.45, 7) is 1.87. The van der Waals surface area contributed by atoms with Gasteiger partial charge in [-0.2, -0.15) is 5.10 Å². The molecule has 0 aliphatic rings. The highest BCUT2D eigenvalue weighted by Gasteiger charge is 2.08. The SMILES string of the molecule is Cc1cc(-c2cccc3ccccc23)c(=N)n(C=N)n1. The normalized spacial score (nSPS) is 10.7. The van der Waals surface area contributed by atoms with Crippen LogP contribution in [0.15, 0.2) is 48.5 Å². The smallest absolute Gasteiger partial charge is 0.155 e. The molecule has 1 heterocycles. The third-order valence-corrected chi connectivity index (χ3v) is 3.31. The highest BCUT2D eigenvalue weighted by molar-refractivity contribution is 5.96. The first kappa shape index (κ1) is 12.3. The summed E-state index contributed by atoms with van der Waals surface area (Å²) < 4.78 is 1.28. The van der Waals surface area contributed by atoms with Crippen LogP contribution < -0.4 is 5.49 Å². The Labute approximate surface area is 116 Å². The van der Waals surface area contributed by atoms with Crippen LogP contribution >= 0.6 is 0 Å². The van der Waals surface area contributed by atoms with Gasteiger partial charge < -0.3 is 0 Å². The van der Waals surface area contributed by atoms with Crippen molar-refractivity contribution >= 4 is 17.1 Å². The van der Waals surface area contributed by atoms with Crippen molar-refractivity contribution in [1.82, 2.24) is 9.78 Å². The molecule has 98 valence electrons. The Morgan fingerprint density at radius 2 is 1.80 bits per heavy atom. The summed E-state index contributed by atoms with van der Waals surface area (Å²) in [7, 11) is 0. The molecule has 0 amide bonds. The van der Waals surface area contributed by atoms with Gasteiger partial charge in [0.1, 0.15) is 6.34 Å². The Morgan fingerprint density at radius 1 is 1.05 bits per heavy atom. The second kappa shape index (κ2) is 4.74. The lowest BCUT2D eigenvalue weighted by Crippen LogP contribution is -2.24. The van der Waals surface area contributed by atoms with Crippen LogP contribution in [-0.2, 0) is 0 Å². The zero-order valence-electron chi connectivity index (χ0n) is 11.1. The maximum absolute atomic E-state index is 8.21. The van der Waals surface area contributed by atoms with Crippen molar-refractivity contribution in [3.05, 3.63) is 59.7 Å². The summed E-state index contributed by atoms with van der Waals surface area (Å²) in [5.74, 6) is 0. The van der Waals surface area contributed by atoms with Crippen molar-refractivity contribution < 1.29 is 0 Å². The van der Waals surface area contributed by atoms with Gasteiger partial charge in [-0.25, -0.2) is 4.68 Å². The molecule has 4 nitrogen and oxygen atoms in total. The van der Waals surface area contributed by atoms with E-state index < -0.39 is 0 Å². The first-order valence-electron chi connectivity index (χ1n) is 6.34. The second-order valence-electron chi connectivity index (χ2n) is 4.65. The van der Waals surface area contributed by atoms with Crippen LogP contribution in [0.3, 0.4) is 0 Å². The number of fused-ring (bicyclic) bond motifs is 1. The minimum atomic E-state index is 0.224. The number of hydrogen-bond donors (Lipinski definition) is 2. The lowest BCUT2D eigenvalue weighted by molar-refractivity contribution is 0.809. The highest BCUT2D eigenvalue weighted by Crippen LogP contribution is 2.26. The lowest BCUT2D eigenvalue weighted by atomic mass is 9.99. The molecule has 2 aromatic carbocycles. The van der Waals surface area contributed by atoms with E-state index in [2.05, 4.69) is 23.3 Å². The summed E-state index contributed by atoms with van der Waals surface area (Å²) in [5.41, 5.74) is 2.79. The van der Waals surface area contributed by atoms with Crippen molar-refractivity contribution in [3.8, 4) is 11.1 Å². The van der Waals surface area contributed by atoms with E-state index in [0.717, 1.165) is 33.9 Å². The quantitative estimate of drug-likeness (QED) is 0.541. The monoisotopic (exact) mass is 262 g/mol. The fourth-order valence-electron chi connectivity index (χ4n) is 2.41. The van der Waals surface area contributed by atoms with Crippen LogP contribution in [0.2, 0.25) is 0 Å². The van der Waals surface area contributed by atoms with Gasteiger partial charge in [-0.15, -0.1) is 0 Å². The van der Waals surface area contributed by atoms with Crippen LogP contribution in [0, 0.1) is 17.7 Å². The van der Waals surface area contributed by atoms with E-state index in [1.54, 1.807) is 0 Å². The maximum atomic E-state index is 8.21. The van der Waals surface area contributed by atoms with Crippen LogP contribution in [0.5, 0.6) is 0 Å². The molecule has 0 atom stereocenters. The van der Waals surface area contributed by atoms with Gasteiger partial charge in [-0.3, -0.25) is 10.8 Å². The van der Waals surface area contributed by atoms with Crippen molar-refractivity contribution in [1.29, 1.82) is 10.8 Å². The van der Waals surface area contributed by atoms with E-state index >= 15 is 0 Å². The average Bonchev–Trinajstić information content (AvgIpc) is 2.48. The Bertz CT molecular complexity index is 856. The summed E-state index contributed by atoms with van der Waals surface area (Å²) in [4.78, 5) is 0. The highest BCUT2D eigenvalue weighted by atomic mass is 15.3. The standard InChI is InChI=1S/C16H14N4/c1-11-9-15(16(18)20(10-17)19-11)14-8-4-6-12-5-2-3-7-13(12)14/h2-10,17-18H,1H3. The summed E-state index contributed by atoms with van der Waals surface area (Å²) >= 11 is 0. The molecule has 3 aromatic rings. The molecule has 0 radical (unpaired) electrons. The number of rotatable bonds is 2. The predicted octanol–water partition coefficient (Wildman–Crippen LogP) is 2.95. The Balaban J connectivity index is 2.40. The Kier molecular flexibility index (Phi) is 2.91. The number of benzene rings is 2. The Morgan fingerprint density at radius 3 is 2.60 bits per heavy atom. The van der Waals surface area contributed by atoms with Gasteiger partial charge in [0.2, 0.25) is 0 Å². The molecular formula is C16H14N4. The minimum absolute atomic E-state index is 0.224. The second-order valence-corrected chi connectivity index (χ2v) is 4.65. The number of nitrogens with one attached hydrogen (secondary N) is 2. The van der Waals surface area contributed by atoms with E-state index in [1.807, 2.05) is 37.3 Å². The summed E-state index contributed by atoms with van der Waals surface area (Å²) in [5, 5.41) is 21.9. The van der Waals surface area contributed by atoms with Crippen LogP contribution in [0.1, 0.15) is 5.69 Å². The van der Waals surface area contributed by atoms with Crippen molar-refractivity contribution in [3.63, 3.8) is 0 Å². The van der Waals surface area contributed by atoms with Gasteiger partial charge >= 0.3 is 0 Å². The van der Waals surface area contributed by atoms with Gasteiger partial charge in [0.05, 0.1) is 5.69 Å². The molecule has 0 unspecified atom stereocenters. The largest absolute Gasteiger partial charge is 0.289 e. The van der Waals surface area contributed by atoms with Gasteiger partial charge in [0.25, 0.3) is 0 Å². The molecule has 0 fully saturated rings. The molecule has 1 aromatic heterocycles. The molecule has 0 saturated carbocycles. The van der Waals surface area contributed by atoms with E-state index in [0.29, 0.717) is 0 Å². The van der Waals surface area contributed by atoms with Crippen molar-refractivity contribution in [2.24, 2.45) is 0 Å². The molecule has 20 heavy (non-hydrogen) atoms. The van der Waals surface area contributed by atoms with Crippen molar-refractivity contribution in [2.75, 3.05) is 0 Å². The summed E-state index contributed by atoms with van der Waals surface area (Å²) in [6, 6.07) is 16.0. The van der Waals surface area contributed by atoms with E-state index in [4.69, 9.17) is 10.8 Å². The van der Waals surface area contributed by atoms with E-state index in [1.165, 1.54) is 4.68 Å². The number of aromatic nitrogens is 2. The zero-order chi connectivity index (χ0) is 14.1. The first-order valence-corrected chi connectivity index (χ1v) is 6.34. The molecule has 2 N–H and O–H groups in total. The zero-order valence-corrected chi connectivity index (χ0v) is 11.1. The van der Waals surface area contributed by atoms with Gasteiger partial charge in [0, 0.05) is 5.56 Å². The topological polar surface area (TPSA) is 65.5 Å². The maximum Gasteiger partial charge on any atom is 0.155 e. The number of nitrogens with zero attached hydrogens (tertiary/aromatic N) is 2. The average molecular weight is 262 g/mol. The van der Waals surface area contributed by atoms with E-state index in [9.17, 15) is 0 Å². The molecule has 0 spiro atoms. The lowest BCUT2D eigenvalue weighted by Gasteiger charge is -2.09. The van der Waals surface area contributed by atoms with Crippen LogP contribution in [0.25, 0.3) is 21.9 Å². The fraction of sp³-hybridized carbons (Fsp3) is 0.0625. The van der Waals surface area contributed by atoms with Gasteiger partial charge in [0.15, 0.2) is 5.49 Å². The molecule has 0 aliphatic carbocycles. The van der Waals surface area contributed by atoms with E-state index in [-0.39, 0.29) is 5.49 Å². The van der Waals surface area contributed by atoms with Gasteiger partial charge in [-0.05, 0) is 29.3 Å². The molecule has 4 heteroatoms. The molecule has 0 bridgehead atoms. The first-order chi connectivity index (χ1) is 9.70. The number of aryl methyl sites for hydroxylation is 1. The molecule has 3 rings (SSSR count). The van der Waals surface area contributed by atoms with Crippen LogP contribution in [0.4, 0.5) is 0 Å². The third kappa shape index (κ3) is 1.91. The predicted molar refractivity (Wildman–Crippen MR) is 79.9 cm³/mol.